The lowest BCUT2D eigenvalue weighted by Crippen LogP contribution is -2.48. The van der Waals surface area contributed by atoms with Crippen LogP contribution in [0.1, 0.15) is 51.7 Å². The topological polar surface area (TPSA) is 0 Å². The predicted molar refractivity (Wildman–Crippen MR) is 211 cm³/mol. The quantitative estimate of drug-likeness (QED) is 0.134. The Balaban J connectivity index is 1.65. The van der Waals surface area contributed by atoms with E-state index in [1.54, 1.807) is 16.3 Å². The maximum atomic E-state index is 2.53. The molecule has 0 heterocycles. The largest absolute Gasteiger partial charge is 0.0784 e. The first-order chi connectivity index (χ1) is 21.6. The molecule has 1 aliphatic rings. The van der Waals surface area contributed by atoms with Gasteiger partial charge in [-0.05, 0) is 89.4 Å². The second kappa shape index (κ2) is 10.5. The van der Waals surface area contributed by atoms with Crippen LogP contribution in [-0.4, -0.2) is 16.1 Å². The molecule has 6 aromatic rings. The van der Waals surface area contributed by atoms with E-state index in [4.69, 9.17) is 0 Å². The molecule has 0 saturated carbocycles. The standard InChI is InChI=1S/C44H50Si2/c1-43(2)27-28-44(3,4)42-38(46(8,9)10)26-24-36(41(42)43)40-33-21-15-13-19-31(33)39(32-20-14-16-22-34(32)40)35-23-25-37(45(5,6)7)30-18-12-11-17-29(30)35/h11-26H,27-28H2,1-10H3. The molecule has 0 spiro atoms. The molecule has 0 saturated heterocycles. The Morgan fingerprint density at radius 1 is 0.391 bits per heavy atom. The summed E-state index contributed by atoms with van der Waals surface area (Å²) in [6.07, 6.45) is 2.44. The first-order valence-corrected chi connectivity index (χ1v) is 24.3. The smallest absolute Gasteiger partial charge is 0.0656 e. The van der Waals surface area contributed by atoms with Crippen molar-refractivity contribution in [3.05, 3.63) is 108 Å². The third-order valence-corrected chi connectivity index (χ3v) is 15.0. The van der Waals surface area contributed by atoms with Gasteiger partial charge in [0.1, 0.15) is 0 Å². The molecule has 0 radical (unpaired) electrons. The van der Waals surface area contributed by atoms with E-state index in [2.05, 4.69) is 164 Å². The van der Waals surface area contributed by atoms with Crippen LogP contribution < -0.4 is 10.4 Å². The number of benzene rings is 6. The van der Waals surface area contributed by atoms with Crippen molar-refractivity contribution in [2.45, 2.75) is 90.6 Å². The second-order valence-electron chi connectivity index (χ2n) is 17.2. The van der Waals surface area contributed by atoms with Gasteiger partial charge < -0.3 is 0 Å². The van der Waals surface area contributed by atoms with Gasteiger partial charge in [0.25, 0.3) is 0 Å². The molecule has 0 unspecified atom stereocenters. The molecule has 0 aromatic heterocycles. The van der Waals surface area contributed by atoms with Gasteiger partial charge in [-0.3, -0.25) is 0 Å². The minimum Gasteiger partial charge on any atom is -0.0656 e. The van der Waals surface area contributed by atoms with E-state index in [0.717, 1.165) is 0 Å². The predicted octanol–water partition coefficient (Wildman–Crippen LogP) is 11.9. The maximum absolute atomic E-state index is 2.53. The highest BCUT2D eigenvalue weighted by molar-refractivity contribution is 6.90. The van der Waals surface area contributed by atoms with Crippen molar-refractivity contribution >= 4 is 58.8 Å². The number of rotatable bonds is 4. The van der Waals surface area contributed by atoms with Crippen LogP contribution in [0.3, 0.4) is 0 Å². The second-order valence-corrected chi connectivity index (χ2v) is 27.3. The van der Waals surface area contributed by atoms with Crippen molar-refractivity contribution in [1.29, 1.82) is 0 Å². The molecule has 2 heteroatoms. The molecule has 6 aromatic carbocycles. The molecule has 0 atom stereocenters. The number of fused-ring (bicyclic) bond motifs is 4. The van der Waals surface area contributed by atoms with E-state index >= 15 is 0 Å². The molecular weight excluding hydrogens is 585 g/mol. The maximum Gasteiger partial charge on any atom is 0.0784 e. The first-order valence-electron chi connectivity index (χ1n) is 17.3. The molecule has 1 aliphatic carbocycles. The number of hydrogen-bond acceptors (Lipinski definition) is 0. The summed E-state index contributed by atoms with van der Waals surface area (Å²) in [4.78, 5) is 0. The van der Waals surface area contributed by atoms with Crippen molar-refractivity contribution in [2.24, 2.45) is 0 Å². The fourth-order valence-corrected chi connectivity index (χ4v) is 12.0. The van der Waals surface area contributed by atoms with Crippen molar-refractivity contribution in [1.82, 2.24) is 0 Å². The van der Waals surface area contributed by atoms with Gasteiger partial charge in [-0.2, -0.15) is 0 Å². The van der Waals surface area contributed by atoms with E-state index in [1.165, 1.54) is 72.6 Å². The van der Waals surface area contributed by atoms with Crippen LogP contribution in [-0.2, 0) is 10.8 Å². The zero-order chi connectivity index (χ0) is 32.8. The van der Waals surface area contributed by atoms with Gasteiger partial charge in [0.15, 0.2) is 0 Å². The summed E-state index contributed by atoms with van der Waals surface area (Å²) in [5.74, 6) is 0. The summed E-state index contributed by atoms with van der Waals surface area (Å²) in [7, 11) is -3.13. The minimum atomic E-state index is -1.59. The molecule has 0 fully saturated rings. The Kier molecular flexibility index (Phi) is 7.12. The van der Waals surface area contributed by atoms with E-state index in [1.807, 2.05) is 0 Å². The Bertz CT molecular complexity index is 2110. The summed E-state index contributed by atoms with van der Waals surface area (Å²) < 4.78 is 0. The summed E-state index contributed by atoms with van der Waals surface area (Å²) in [5, 5.41) is 11.4. The Morgan fingerprint density at radius 3 is 1.24 bits per heavy atom. The van der Waals surface area contributed by atoms with Crippen LogP contribution in [0, 0.1) is 0 Å². The minimum absolute atomic E-state index is 0.0968. The highest BCUT2D eigenvalue weighted by Crippen LogP contribution is 2.52. The van der Waals surface area contributed by atoms with Crippen molar-refractivity contribution in [3.8, 4) is 22.3 Å². The van der Waals surface area contributed by atoms with Crippen molar-refractivity contribution in [2.75, 3.05) is 0 Å². The van der Waals surface area contributed by atoms with Crippen LogP contribution in [0.4, 0.5) is 0 Å². The zero-order valence-electron chi connectivity index (χ0n) is 29.7. The fraction of sp³-hybridized carbons (Fsp3) is 0.318. The van der Waals surface area contributed by atoms with Gasteiger partial charge in [0, 0.05) is 0 Å². The lowest BCUT2D eigenvalue weighted by Gasteiger charge is -2.46. The van der Waals surface area contributed by atoms with E-state index in [9.17, 15) is 0 Å². The molecule has 0 bridgehead atoms. The Morgan fingerprint density at radius 2 is 0.761 bits per heavy atom. The third-order valence-electron chi connectivity index (χ3n) is 10.9. The lowest BCUT2D eigenvalue weighted by atomic mass is 9.61. The summed E-state index contributed by atoms with van der Waals surface area (Å²) >= 11 is 0. The van der Waals surface area contributed by atoms with Crippen LogP contribution in [0.2, 0.25) is 39.3 Å². The van der Waals surface area contributed by atoms with Gasteiger partial charge >= 0.3 is 0 Å². The Labute approximate surface area is 278 Å². The molecule has 0 N–H and O–H groups in total. The summed E-state index contributed by atoms with van der Waals surface area (Å²) in [6.45, 7) is 25.0. The molecule has 46 heavy (non-hydrogen) atoms. The van der Waals surface area contributed by atoms with Gasteiger partial charge in [-0.25, -0.2) is 0 Å². The van der Waals surface area contributed by atoms with E-state index < -0.39 is 16.1 Å². The molecule has 234 valence electrons. The highest BCUT2D eigenvalue weighted by Gasteiger charge is 2.42. The fourth-order valence-electron chi connectivity index (χ4n) is 8.60. The van der Waals surface area contributed by atoms with Gasteiger partial charge in [-0.15, -0.1) is 0 Å². The lowest BCUT2D eigenvalue weighted by molar-refractivity contribution is 0.334. The van der Waals surface area contributed by atoms with Crippen LogP contribution in [0.5, 0.6) is 0 Å². The molecule has 0 amide bonds. The molecule has 7 rings (SSSR count). The van der Waals surface area contributed by atoms with Crippen molar-refractivity contribution < 1.29 is 0 Å². The molecule has 0 aliphatic heterocycles. The number of hydrogen-bond donors (Lipinski definition) is 0. The summed E-state index contributed by atoms with van der Waals surface area (Å²) in [6, 6.07) is 37.5. The average molecular weight is 635 g/mol. The normalized spacial score (nSPS) is 16.2. The van der Waals surface area contributed by atoms with Crippen LogP contribution in [0.15, 0.2) is 97.1 Å². The molecule has 0 nitrogen and oxygen atoms in total. The summed E-state index contributed by atoms with van der Waals surface area (Å²) in [5.41, 5.74) is 9.03. The first kappa shape index (κ1) is 31.1. The molecular formula is C44H50Si2. The van der Waals surface area contributed by atoms with Gasteiger partial charge in [-0.1, -0.05) is 174 Å². The van der Waals surface area contributed by atoms with E-state index in [-0.39, 0.29) is 10.8 Å². The SMILES string of the molecule is CC1(C)CCC(C)(C)c2c([Si](C)(C)C)ccc(-c3c4ccccc4c(-c4ccc([Si](C)(C)C)c5ccccc45)c4ccccc34)c21. The van der Waals surface area contributed by atoms with Gasteiger partial charge in [0.2, 0.25) is 0 Å². The Hall–Kier alpha value is -3.47. The van der Waals surface area contributed by atoms with E-state index in [0.29, 0.717) is 0 Å². The highest BCUT2D eigenvalue weighted by atomic mass is 28.3. The van der Waals surface area contributed by atoms with Crippen molar-refractivity contribution in [3.63, 3.8) is 0 Å². The third kappa shape index (κ3) is 4.83. The van der Waals surface area contributed by atoms with Crippen LogP contribution >= 0.6 is 0 Å². The van der Waals surface area contributed by atoms with Gasteiger partial charge in [0.05, 0.1) is 16.1 Å². The monoisotopic (exact) mass is 634 g/mol. The zero-order valence-corrected chi connectivity index (χ0v) is 31.7. The average Bonchev–Trinajstić information content (AvgIpc) is 3.00. The van der Waals surface area contributed by atoms with Crippen LogP contribution in [0.25, 0.3) is 54.6 Å².